The minimum absolute atomic E-state index is 0.0245. The molecule has 0 aliphatic heterocycles. The third kappa shape index (κ3) is 3.35. The zero-order valence-corrected chi connectivity index (χ0v) is 13.2. The highest BCUT2D eigenvalue weighted by atomic mass is 35.5. The monoisotopic (exact) mass is 307 g/mol. The number of halogens is 2. The average molecular weight is 308 g/mol. The highest BCUT2D eigenvalue weighted by Crippen LogP contribution is 2.30. The van der Waals surface area contributed by atoms with Crippen molar-refractivity contribution in [2.24, 2.45) is 5.73 Å². The molecule has 0 aliphatic carbocycles. The van der Waals surface area contributed by atoms with E-state index < -0.39 is 0 Å². The Morgan fingerprint density at radius 2 is 1.70 bits per heavy atom. The van der Waals surface area contributed by atoms with E-state index in [1.165, 1.54) is 5.56 Å². The van der Waals surface area contributed by atoms with E-state index in [2.05, 4.69) is 26.0 Å². The Morgan fingerprint density at radius 1 is 1.05 bits per heavy atom. The Labute approximate surface area is 130 Å². The molecule has 106 valence electrons. The van der Waals surface area contributed by atoms with Crippen LogP contribution in [0.3, 0.4) is 0 Å². The second kappa shape index (κ2) is 6.17. The standard InChI is InChI=1S/C17H19Cl2N/c1-17(2,13-6-4-3-5-7-13)16(20)10-12-8-9-14(18)11-15(12)19/h3-9,11,16H,10,20H2,1-2H3. The third-order valence-electron chi connectivity index (χ3n) is 3.90. The van der Waals surface area contributed by atoms with E-state index in [-0.39, 0.29) is 11.5 Å². The van der Waals surface area contributed by atoms with Gasteiger partial charge in [0.25, 0.3) is 0 Å². The molecule has 0 bridgehead atoms. The van der Waals surface area contributed by atoms with Crippen molar-refractivity contribution in [2.45, 2.75) is 31.7 Å². The second-order valence-corrected chi connectivity index (χ2v) is 6.48. The number of benzene rings is 2. The Balaban J connectivity index is 2.21. The van der Waals surface area contributed by atoms with Gasteiger partial charge in [-0.1, -0.05) is 73.4 Å². The Hall–Kier alpha value is -1.02. The highest BCUT2D eigenvalue weighted by Gasteiger charge is 2.28. The van der Waals surface area contributed by atoms with E-state index >= 15 is 0 Å². The summed E-state index contributed by atoms with van der Waals surface area (Å²) in [6, 6.07) is 15.9. The molecule has 2 aromatic rings. The van der Waals surface area contributed by atoms with Crippen LogP contribution in [0.5, 0.6) is 0 Å². The molecule has 0 fully saturated rings. The van der Waals surface area contributed by atoms with Crippen molar-refractivity contribution in [3.8, 4) is 0 Å². The van der Waals surface area contributed by atoms with Crippen LogP contribution in [0.2, 0.25) is 10.0 Å². The van der Waals surface area contributed by atoms with E-state index in [0.717, 1.165) is 12.0 Å². The lowest BCUT2D eigenvalue weighted by molar-refractivity contribution is 0.406. The summed E-state index contributed by atoms with van der Waals surface area (Å²) in [6.07, 6.45) is 0.720. The van der Waals surface area contributed by atoms with Crippen LogP contribution in [0.4, 0.5) is 0 Å². The van der Waals surface area contributed by atoms with Crippen molar-refractivity contribution < 1.29 is 0 Å². The molecular formula is C17H19Cl2N. The number of nitrogens with two attached hydrogens (primary N) is 1. The van der Waals surface area contributed by atoms with Crippen molar-refractivity contribution in [3.63, 3.8) is 0 Å². The van der Waals surface area contributed by atoms with Gasteiger partial charge in [0.15, 0.2) is 0 Å². The minimum Gasteiger partial charge on any atom is -0.327 e. The van der Waals surface area contributed by atoms with Gasteiger partial charge in [-0.05, 0) is 29.7 Å². The molecule has 1 atom stereocenters. The van der Waals surface area contributed by atoms with E-state index in [0.29, 0.717) is 10.0 Å². The summed E-state index contributed by atoms with van der Waals surface area (Å²) in [5.41, 5.74) is 8.58. The highest BCUT2D eigenvalue weighted by molar-refractivity contribution is 6.35. The molecule has 0 radical (unpaired) electrons. The van der Waals surface area contributed by atoms with Crippen molar-refractivity contribution >= 4 is 23.2 Å². The van der Waals surface area contributed by atoms with Gasteiger partial charge >= 0.3 is 0 Å². The second-order valence-electron chi connectivity index (χ2n) is 5.63. The summed E-state index contributed by atoms with van der Waals surface area (Å²) < 4.78 is 0. The zero-order valence-electron chi connectivity index (χ0n) is 11.7. The van der Waals surface area contributed by atoms with Crippen LogP contribution in [0.25, 0.3) is 0 Å². The van der Waals surface area contributed by atoms with Gasteiger partial charge in [0.2, 0.25) is 0 Å². The zero-order chi connectivity index (χ0) is 14.8. The first-order valence-electron chi connectivity index (χ1n) is 6.66. The fourth-order valence-electron chi connectivity index (χ4n) is 2.26. The van der Waals surface area contributed by atoms with Gasteiger partial charge in [0.05, 0.1) is 0 Å². The summed E-state index contributed by atoms with van der Waals surface area (Å²) in [4.78, 5) is 0. The first-order valence-corrected chi connectivity index (χ1v) is 7.42. The van der Waals surface area contributed by atoms with E-state index in [9.17, 15) is 0 Å². The quantitative estimate of drug-likeness (QED) is 0.859. The van der Waals surface area contributed by atoms with Crippen LogP contribution < -0.4 is 5.73 Å². The SMILES string of the molecule is CC(C)(c1ccccc1)C(N)Cc1ccc(Cl)cc1Cl. The molecule has 0 saturated heterocycles. The maximum atomic E-state index is 6.43. The van der Waals surface area contributed by atoms with Crippen LogP contribution >= 0.6 is 23.2 Å². The molecule has 2 aromatic carbocycles. The molecule has 3 heteroatoms. The molecule has 0 aromatic heterocycles. The maximum absolute atomic E-state index is 6.43. The third-order valence-corrected chi connectivity index (χ3v) is 4.49. The van der Waals surface area contributed by atoms with Gasteiger partial charge < -0.3 is 5.73 Å². The summed E-state index contributed by atoms with van der Waals surface area (Å²) in [7, 11) is 0. The van der Waals surface area contributed by atoms with E-state index in [1.807, 2.05) is 30.3 Å². The summed E-state index contributed by atoms with van der Waals surface area (Å²) in [5, 5.41) is 1.33. The van der Waals surface area contributed by atoms with Gasteiger partial charge in [-0.25, -0.2) is 0 Å². The van der Waals surface area contributed by atoms with Gasteiger partial charge in [-0.15, -0.1) is 0 Å². The number of hydrogen-bond donors (Lipinski definition) is 1. The lowest BCUT2D eigenvalue weighted by Crippen LogP contribution is -2.42. The predicted octanol–water partition coefficient (Wildman–Crippen LogP) is 4.84. The van der Waals surface area contributed by atoms with Crippen LogP contribution in [0.1, 0.15) is 25.0 Å². The van der Waals surface area contributed by atoms with Gasteiger partial charge in [0.1, 0.15) is 0 Å². The summed E-state index contributed by atoms with van der Waals surface area (Å²) >= 11 is 12.2. The van der Waals surface area contributed by atoms with Crippen LogP contribution in [-0.2, 0) is 11.8 Å². The van der Waals surface area contributed by atoms with Crippen LogP contribution in [0, 0.1) is 0 Å². The lowest BCUT2D eigenvalue weighted by atomic mass is 9.76. The molecule has 0 spiro atoms. The molecule has 0 heterocycles. The van der Waals surface area contributed by atoms with Crippen molar-refractivity contribution in [2.75, 3.05) is 0 Å². The smallest absolute Gasteiger partial charge is 0.0453 e. The van der Waals surface area contributed by atoms with Gasteiger partial charge in [0, 0.05) is 21.5 Å². The van der Waals surface area contributed by atoms with Gasteiger partial charge in [-0.2, -0.15) is 0 Å². The molecule has 2 N–H and O–H groups in total. The Kier molecular flexibility index (Phi) is 4.74. The van der Waals surface area contributed by atoms with Crippen LogP contribution in [0.15, 0.2) is 48.5 Å². The van der Waals surface area contributed by atoms with Crippen LogP contribution in [-0.4, -0.2) is 6.04 Å². The molecule has 2 rings (SSSR count). The summed E-state index contributed by atoms with van der Waals surface area (Å²) in [6.45, 7) is 4.33. The molecule has 1 nitrogen and oxygen atoms in total. The van der Waals surface area contributed by atoms with E-state index in [1.54, 1.807) is 6.07 Å². The normalized spacial score (nSPS) is 13.2. The molecule has 0 amide bonds. The van der Waals surface area contributed by atoms with E-state index in [4.69, 9.17) is 28.9 Å². The molecule has 20 heavy (non-hydrogen) atoms. The first-order chi connectivity index (χ1) is 9.41. The first kappa shape index (κ1) is 15.4. The Bertz CT molecular complexity index is 579. The molecule has 0 aliphatic rings. The van der Waals surface area contributed by atoms with Crippen molar-refractivity contribution in [1.29, 1.82) is 0 Å². The minimum atomic E-state index is -0.121. The number of hydrogen-bond acceptors (Lipinski definition) is 1. The predicted molar refractivity (Wildman–Crippen MR) is 87.6 cm³/mol. The molecular weight excluding hydrogens is 289 g/mol. The fraction of sp³-hybridized carbons (Fsp3) is 0.294. The van der Waals surface area contributed by atoms with Crippen molar-refractivity contribution in [3.05, 3.63) is 69.7 Å². The topological polar surface area (TPSA) is 26.0 Å². The largest absolute Gasteiger partial charge is 0.327 e. The maximum Gasteiger partial charge on any atom is 0.0453 e. The average Bonchev–Trinajstić information content (AvgIpc) is 2.42. The lowest BCUT2D eigenvalue weighted by Gasteiger charge is -2.32. The van der Waals surface area contributed by atoms with Crippen molar-refractivity contribution in [1.82, 2.24) is 0 Å². The summed E-state index contributed by atoms with van der Waals surface area (Å²) in [5.74, 6) is 0. The van der Waals surface area contributed by atoms with Gasteiger partial charge in [-0.3, -0.25) is 0 Å². The number of rotatable bonds is 4. The Morgan fingerprint density at radius 3 is 2.30 bits per heavy atom. The molecule has 1 unspecified atom stereocenters. The molecule has 0 saturated carbocycles. The fourth-order valence-corrected chi connectivity index (χ4v) is 2.75.